The van der Waals surface area contributed by atoms with Crippen LogP contribution in [0.1, 0.15) is 25.7 Å². The van der Waals surface area contributed by atoms with E-state index in [0.717, 1.165) is 38.9 Å². The van der Waals surface area contributed by atoms with Gasteiger partial charge in [0, 0.05) is 12.8 Å². The Balaban J connectivity index is 1.73. The van der Waals surface area contributed by atoms with Crippen LogP contribution in [0.3, 0.4) is 0 Å². The van der Waals surface area contributed by atoms with Gasteiger partial charge in [0.25, 0.3) is 0 Å². The third-order valence-electron chi connectivity index (χ3n) is 3.17. The minimum atomic E-state index is -0.242. The first-order valence-electron chi connectivity index (χ1n) is 5.13. The molecule has 1 saturated carbocycles. The second-order valence-corrected chi connectivity index (χ2v) is 4.13. The molecule has 2 saturated heterocycles. The highest BCUT2D eigenvalue weighted by Crippen LogP contribution is 2.41. The average Bonchev–Trinajstić information content (AvgIpc) is 2.64. The molecule has 3 fully saturated rings. The molecule has 3 aliphatic rings. The summed E-state index contributed by atoms with van der Waals surface area (Å²) in [5.74, 6) is -0.242. The lowest BCUT2D eigenvalue weighted by Crippen LogP contribution is -2.34. The van der Waals surface area contributed by atoms with E-state index in [4.69, 9.17) is 14.2 Å². The van der Waals surface area contributed by atoms with Crippen LogP contribution < -0.4 is 0 Å². The topological polar surface area (TPSA) is 27.7 Å². The van der Waals surface area contributed by atoms with E-state index in [1.54, 1.807) is 0 Å². The highest BCUT2D eigenvalue weighted by Gasteiger charge is 2.50. The first-order chi connectivity index (χ1) is 6.38. The van der Waals surface area contributed by atoms with Crippen LogP contribution in [0.2, 0.25) is 0 Å². The van der Waals surface area contributed by atoms with Gasteiger partial charge in [-0.3, -0.25) is 0 Å². The van der Waals surface area contributed by atoms with Gasteiger partial charge in [-0.1, -0.05) is 0 Å². The average molecular weight is 183 g/mol. The number of hydrogen-bond acceptors (Lipinski definition) is 3. The van der Waals surface area contributed by atoms with Crippen molar-refractivity contribution in [2.45, 2.75) is 43.7 Å². The van der Waals surface area contributed by atoms with Crippen molar-refractivity contribution in [3.8, 4) is 0 Å². The van der Waals surface area contributed by atoms with Gasteiger partial charge in [0.1, 0.15) is 12.2 Å². The molecule has 0 aromatic heterocycles. The Kier molecular flexibility index (Phi) is 1.86. The Morgan fingerprint density at radius 3 is 2.23 bits per heavy atom. The van der Waals surface area contributed by atoms with Crippen molar-refractivity contribution >= 4 is 0 Å². The fourth-order valence-corrected chi connectivity index (χ4v) is 2.46. The van der Waals surface area contributed by atoms with Crippen molar-refractivity contribution in [3.05, 3.63) is 6.42 Å². The predicted molar refractivity (Wildman–Crippen MR) is 46.1 cm³/mol. The van der Waals surface area contributed by atoms with E-state index >= 15 is 0 Å². The van der Waals surface area contributed by atoms with Crippen molar-refractivity contribution in [2.75, 3.05) is 13.2 Å². The summed E-state index contributed by atoms with van der Waals surface area (Å²) in [6.07, 6.45) is 7.04. The van der Waals surface area contributed by atoms with Crippen molar-refractivity contribution in [2.24, 2.45) is 0 Å². The first kappa shape index (κ1) is 8.21. The van der Waals surface area contributed by atoms with Gasteiger partial charge in [0.2, 0.25) is 0 Å². The summed E-state index contributed by atoms with van der Waals surface area (Å²) in [6.45, 7) is 1.44. The van der Waals surface area contributed by atoms with Crippen LogP contribution in [0.25, 0.3) is 0 Å². The molecule has 13 heavy (non-hydrogen) atoms. The van der Waals surface area contributed by atoms with Gasteiger partial charge in [-0.05, 0) is 19.3 Å². The van der Waals surface area contributed by atoms with Gasteiger partial charge in [0.15, 0.2) is 5.79 Å². The zero-order valence-corrected chi connectivity index (χ0v) is 7.70. The zero-order chi connectivity index (χ0) is 8.73. The second kappa shape index (κ2) is 2.94. The standard InChI is InChI=1S/C10H15O3/c1-2-4-10(5-3-1)12-8-6-11-7-9(8)13-10/h1,8-9H,2-7H2. The normalized spacial score (nSPS) is 42.5. The Hall–Kier alpha value is -0.120. The smallest absolute Gasteiger partial charge is 0.169 e. The summed E-state index contributed by atoms with van der Waals surface area (Å²) in [5, 5.41) is 0. The van der Waals surface area contributed by atoms with Gasteiger partial charge >= 0.3 is 0 Å². The summed E-state index contributed by atoms with van der Waals surface area (Å²) in [7, 11) is 0. The minimum Gasteiger partial charge on any atom is -0.376 e. The van der Waals surface area contributed by atoms with Crippen LogP contribution in [0, 0.1) is 6.42 Å². The lowest BCUT2D eigenvalue weighted by atomic mass is 9.94. The molecule has 1 spiro atoms. The molecule has 0 aromatic rings. The van der Waals surface area contributed by atoms with Crippen molar-refractivity contribution in [3.63, 3.8) is 0 Å². The fourth-order valence-electron chi connectivity index (χ4n) is 2.46. The first-order valence-corrected chi connectivity index (χ1v) is 5.13. The molecule has 1 radical (unpaired) electrons. The molecule has 3 heteroatoms. The van der Waals surface area contributed by atoms with E-state index in [-0.39, 0.29) is 18.0 Å². The second-order valence-electron chi connectivity index (χ2n) is 4.13. The predicted octanol–water partition coefficient (Wildman–Crippen LogP) is 1.28. The molecule has 2 aliphatic heterocycles. The van der Waals surface area contributed by atoms with Gasteiger partial charge in [0.05, 0.1) is 13.2 Å². The lowest BCUT2D eigenvalue weighted by Gasteiger charge is -2.32. The maximum absolute atomic E-state index is 5.95. The molecule has 3 rings (SSSR count). The molecule has 3 nitrogen and oxygen atoms in total. The third kappa shape index (κ3) is 1.30. The van der Waals surface area contributed by atoms with E-state index in [1.807, 2.05) is 0 Å². The van der Waals surface area contributed by atoms with Crippen LogP contribution in [-0.2, 0) is 14.2 Å². The fraction of sp³-hybridized carbons (Fsp3) is 0.900. The molecule has 2 unspecified atom stereocenters. The Bertz CT molecular complexity index is 184. The summed E-state index contributed by atoms with van der Waals surface area (Å²) in [4.78, 5) is 0. The summed E-state index contributed by atoms with van der Waals surface area (Å²) in [5.41, 5.74) is 0. The van der Waals surface area contributed by atoms with E-state index in [2.05, 4.69) is 6.42 Å². The van der Waals surface area contributed by atoms with Crippen molar-refractivity contribution in [1.29, 1.82) is 0 Å². The summed E-state index contributed by atoms with van der Waals surface area (Å²) < 4.78 is 17.2. The van der Waals surface area contributed by atoms with Crippen LogP contribution >= 0.6 is 0 Å². The summed E-state index contributed by atoms with van der Waals surface area (Å²) in [6, 6.07) is 0. The van der Waals surface area contributed by atoms with Crippen molar-refractivity contribution in [1.82, 2.24) is 0 Å². The largest absolute Gasteiger partial charge is 0.376 e. The Labute approximate surface area is 78.3 Å². The van der Waals surface area contributed by atoms with Crippen molar-refractivity contribution < 1.29 is 14.2 Å². The van der Waals surface area contributed by atoms with Crippen LogP contribution in [0.5, 0.6) is 0 Å². The van der Waals surface area contributed by atoms with Crippen LogP contribution in [0.15, 0.2) is 0 Å². The molecule has 0 bridgehead atoms. The van der Waals surface area contributed by atoms with E-state index in [1.165, 1.54) is 0 Å². The van der Waals surface area contributed by atoms with Gasteiger partial charge < -0.3 is 14.2 Å². The van der Waals surface area contributed by atoms with Crippen LogP contribution in [-0.4, -0.2) is 31.2 Å². The van der Waals surface area contributed by atoms with E-state index < -0.39 is 0 Å². The van der Waals surface area contributed by atoms with Crippen LogP contribution in [0.4, 0.5) is 0 Å². The number of rotatable bonds is 0. The van der Waals surface area contributed by atoms with E-state index in [9.17, 15) is 0 Å². The number of ether oxygens (including phenoxy) is 3. The van der Waals surface area contributed by atoms with E-state index in [0.29, 0.717) is 0 Å². The van der Waals surface area contributed by atoms with Gasteiger partial charge in [-0.15, -0.1) is 0 Å². The number of fused-ring (bicyclic) bond motifs is 1. The molecule has 73 valence electrons. The lowest BCUT2D eigenvalue weighted by molar-refractivity contribution is -0.203. The quantitative estimate of drug-likeness (QED) is 0.566. The molecule has 2 atom stereocenters. The Morgan fingerprint density at radius 2 is 1.62 bits per heavy atom. The molecular formula is C10H15O3. The van der Waals surface area contributed by atoms with Gasteiger partial charge in [-0.2, -0.15) is 0 Å². The third-order valence-corrected chi connectivity index (χ3v) is 3.17. The molecule has 1 aliphatic carbocycles. The SMILES string of the molecule is [CH]1CCC2(CC1)OC1COCC1O2. The maximum Gasteiger partial charge on any atom is 0.169 e. The number of hydrogen-bond donors (Lipinski definition) is 0. The summed E-state index contributed by atoms with van der Waals surface area (Å²) >= 11 is 0. The minimum absolute atomic E-state index is 0.207. The molecular weight excluding hydrogens is 168 g/mol. The molecule has 2 heterocycles. The molecule has 0 amide bonds. The molecule has 0 aromatic carbocycles. The molecule has 0 N–H and O–H groups in total. The maximum atomic E-state index is 5.95. The zero-order valence-electron chi connectivity index (χ0n) is 7.70. The Morgan fingerprint density at radius 1 is 1.00 bits per heavy atom. The highest BCUT2D eigenvalue weighted by atomic mass is 16.8. The highest BCUT2D eigenvalue weighted by molar-refractivity contribution is 4.93. The van der Waals surface area contributed by atoms with Gasteiger partial charge in [-0.25, -0.2) is 0 Å². The monoisotopic (exact) mass is 183 g/mol.